The second-order valence-electron chi connectivity index (χ2n) is 4.69. The Morgan fingerprint density at radius 3 is 2.74 bits per heavy atom. The van der Waals surface area contributed by atoms with Gasteiger partial charge in [0.25, 0.3) is 0 Å². The van der Waals surface area contributed by atoms with Crippen molar-refractivity contribution >= 4 is 19.9 Å². The molecule has 0 amide bonds. The summed E-state index contributed by atoms with van der Waals surface area (Å²) in [5, 5.41) is 0. The topological polar surface area (TPSA) is 122 Å². The highest BCUT2D eigenvalue weighted by Gasteiger charge is 2.29. The zero-order valence-electron chi connectivity index (χ0n) is 10.3. The van der Waals surface area contributed by atoms with E-state index in [0.29, 0.717) is 12.1 Å². The van der Waals surface area contributed by atoms with Crippen LogP contribution in [0.1, 0.15) is 12.1 Å². The number of aromatic nitrogens is 1. The minimum absolute atomic E-state index is 0.0523. The Morgan fingerprint density at radius 1 is 1.47 bits per heavy atom. The predicted octanol–water partition coefficient (Wildman–Crippen LogP) is -0.814. The van der Waals surface area contributed by atoms with Gasteiger partial charge in [-0.15, -0.1) is 0 Å². The molecule has 9 heteroatoms. The Hall–Kier alpha value is -0.900. The highest BCUT2D eigenvalue weighted by atomic mass is 32.2. The molecule has 19 heavy (non-hydrogen) atoms. The average molecular weight is 307 g/mol. The van der Waals surface area contributed by atoms with Gasteiger partial charge in [-0.1, -0.05) is 0 Å². The van der Waals surface area contributed by atoms with Gasteiger partial charge in [0.2, 0.25) is 10.0 Å². The minimum atomic E-state index is -3.61. The third-order valence-corrected chi connectivity index (χ3v) is 6.38. The summed E-state index contributed by atoms with van der Waals surface area (Å²) in [7, 11) is -6.59. The summed E-state index contributed by atoms with van der Waals surface area (Å²) in [5.74, 6) is 0.0464. The summed E-state index contributed by atoms with van der Waals surface area (Å²) in [6.45, 7) is 0.376. The molecule has 108 valence electrons. The standard InChI is InChI=1S/C10H17N3O4S2/c11-4-9-3-10(6-12-9)19(16,17)13-5-8-1-2-18(14,15)7-8/h3,6,8,12-13H,1-2,4-5,7,11H2. The fourth-order valence-electron chi connectivity index (χ4n) is 2.04. The first-order valence-electron chi connectivity index (χ1n) is 5.90. The number of hydrogen-bond donors (Lipinski definition) is 3. The van der Waals surface area contributed by atoms with Gasteiger partial charge in [0, 0.05) is 25.0 Å². The summed E-state index contributed by atoms with van der Waals surface area (Å²) in [6.07, 6.45) is 1.88. The molecule has 1 aliphatic rings. The van der Waals surface area contributed by atoms with E-state index in [0.717, 1.165) is 0 Å². The molecule has 1 aromatic heterocycles. The van der Waals surface area contributed by atoms with Crippen LogP contribution in [0.25, 0.3) is 0 Å². The molecule has 0 spiro atoms. The molecule has 1 fully saturated rings. The molecule has 0 aliphatic carbocycles. The fourth-order valence-corrected chi connectivity index (χ4v) is 5.03. The van der Waals surface area contributed by atoms with E-state index < -0.39 is 19.9 Å². The number of rotatable bonds is 5. The van der Waals surface area contributed by atoms with Crippen molar-refractivity contribution in [1.82, 2.24) is 9.71 Å². The van der Waals surface area contributed by atoms with Crippen LogP contribution in [0, 0.1) is 5.92 Å². The lowest BCUT2D eigenvalue weighted by molar-refractivity contribution is 0.543. The molecule has 1 atom stereocenters. The molecule has 1 unspecified atom stereocenters. The van der Waals surface area contributed by atoms with Gasteiger partial charge in [0.05, 0.1) is 16.4 Å². The zero-order chi connectivity index (χ0) is 14.1. The lowest BCUT2D eigenvalue weighted by Gasteiger charge is -2.09. The monoisotopic (exact) mass is 307 g/mol. The van der Waals surface area contributed by atoms with Gasteiger partial charge in [-0.05, 0) is 18.4 Å². The van der Waals surface area contributed by atoms with Gasteiger partial charge >= 0.3 is 0 Å². The molecule has 2 heterocycles. The summed E-state index contributed by atoms with van der Waals surface area (Å²) in [6, 6.07) is 1.47. The van der Waals surface area contributed by atoms with Crippen molar-refractivity contribution in [3.63, 3.8) is 0 Å². The molecule has 4 N–H and O–H groups in total. The first kappa shape index (κ1) is 14.5. The molecular formula is C10H17N3O4S2. The lowest BCUT2D eigenvalue weighted by Crippen LogP contribution is -2.29. The van der Waals surface area contributed by atoms with E-state index in [9.17, 15) is 16.8 Å². The molecule has 2 rings (SSSR count). The van der Waals surface area contributed by atoms with Gasteiger partial charge in [0.1, 0.15) is 0 Å². The van der Waals surface area contributed by atoms with Gasteiger partial charge in [-0.3, -0.25) is 0 Å². The summed E-state index contributed by atoms with van der Waals surface area (Å²) in [5.41, 5.74) is 6.03. The Bertz CT molecular complexity index is 648. The maximum atomic E-state index is 12.0. The van der Waals surface area contributed by atoms with E-state index in [4.69, 9.17) is 5.73 Å². The van der Waals surface area contributed by atoms with Gasteiger partial charge in [-0.2, -0.15) is 0 Å². The Morgan fingerprint density at radius 2 is 2.21 bits per heavy atom. The van der Waals surface area contributed by atoms with E-state index in [1.165, 1.54) is 12.3 Å². The van der Waals surface area contributed by atoms with Crippen LogP contribution in [0.15, 0.2) is 17.2 Å². The maximum absolute atomic E-state index is 12.0. The molecule has 1 aliphatic heterocycles. The number of sulfone groups is 1. The van der Waals surface area contributed by atoms with E-state index in [1.54, 1.807) is 0 Å². The normalized spacial score (nSPS) is 22.7. The Kier molecular flexibility index (Phi) is 4.00. The molecule has 0 bridgehead atoms. The number of aromatic amines is 1. The number of H-pyrrole nitrogens is 1. The zero-order valence-corrected chi connectivity index (χ0v) is 11.9. The molecule has 7 nitrogen and oxygen atoms in total. The van der Waals surface area contributed by atoms with Crippen molar-refractivity contribution in [2.24, 2.45) is 11.7 Å². The van der Waals surface area contributed by atoms with Gasteiger partial charge in [-0.25, -0.2) is 21.6 Å². The van der Waals surface area contributed by atoms with Crippen LogP contribution >= 0.6 is 0 Å². The number of sulfonamides is 1. The molecule has 1 saturated heterocycles. The average Bonchev–Trinajstić information content (AvgIpc) is 2.93. The molecule has 0 radical (unpaired) electrons. The highest BCUT2D eigenvalue weighted by Crippen LogP contribution is 2.18. The van der Waals surface area contributed by atoms with Crippen molar-refractivity contribution in [3.05, 3.63) is 18.0 Å². The molecule has 0 saturated carbocycles. The summed E-state index contributed by atoms with van der Waals surface area (Å²) >= 11 is 0. The lowest BCUT2D eigenvalue weighted by atomic mass is 10.1. The van der Waals surface area contributed by atoms with Crippen LogP contribution < -0.4 is 10.5 Å². The van der Waals surface area contributed by atoms with Crippen LogP contribution in [0.2, 0.25) is 0 Å². The highest BCUT2D eigenvalue weighted by molar-refractivity contribution is 7.91. The quantitative estimate of drug-likeness (QED) is 0.656. The third kappa shape index (κ3) is 3.56. The van der Waals surface area contributed by atoms with Crippen LogP contribution in [0.3, 0.4) is 0 Å². The second-order valence-corrected chi connectivity index (χ2v) is 8.68. The number of nitrogens with two attached hydrogens (primary N) is 1. The Labute approximate surface area is 112 Å². The van der Waals surface area contributed by atoms with Gasteiger partial charge in [0.15, 0.2) is 9.84 Å². The second kappa shape index (κ2) is 5.23. The smallest absolute Gasteiger partial charge is 0.242 e. The molecular weight excluding hydrogens is 290 g/mol. The van der Waals surface area contributed by atoms with Crippen molar-refractivity contribution in [2.75, 3.05) is 18.1 Å². The van der Waals surface area contributed by atoms with Crippen molar-refractivity contribution in [3.8, 4) is 0 Å². The van der Waals surface area contributed by atoms with E-state index in [1.807, 2.05) is 0 Å². The van der Waals surface area contributed by atoms with Crippen molar-refractivity contribution in [1.29, 1.82) is 0 Å². The molecule has 1 aromatic rings. The van der Waals surface area contributed by atoms with Crippen molar-refractivity contribution < 1.29 is 16.8 Å². The maximum Gasteiger partial charge on any atom is 0.242 e. The largest absolute Gasteiger partial charge is 0.363 e. The molecule has 0 aromatic carbocycles. The summed E-state index contributed by atoms with van der Waals surface area (Å²) in [4.78, 5) is 2.88. The number of nitrogens with one attached hydrogen (secondary N) is 2. The minimum Gasteiger partial charge on any atom is -0.363 e. The van der Waals surface area contributed by atoms with Crippen LogP contribution in [0.5, 0.6) is 0 Å². The van der Waals surface area contributed by atoms with E-state index in [2.05, 4.69) is 9.71 Å². The van der Waals surface area contributed by atoms with E-state index in [-0.39, 0.29) is 35.4 Å². The van der Waals surface area contributed by atoms with Crippen LogP contribution in [-0.2, 0) is 26.4 Å². The van der Waals surface area contributed by atoms with Crippen LogP contribution in [0.4, 0.5) is 0 Å². The first-order valence-corrected chi connectivity index (χ1v) is 9.20. The first-order chi connectivity index (χ1) is 8.82. The van der Waals surface area contributed by atoms with Crippen molar-refractivity contribution in [2.45, 2.75) is 17.9 Å². The summed E-state index contributed by atoms with van der Waals surface area (Å²) < 4.78 is 48.9. The predicted molar refractivity (Wildman–Crippen MR) is 70.6 cm³/mol. The fraction of sp³-hybridized carbons (Fsp3) is 0.600. The van der Waals surface area contributed by atoms with Crippen LogP contribution in [-0.4, -0.2) is 39.9 Å². The van der Waals surface area contributed by atoms with Gasteiger partial charge < -0.3 is 10.7 Å². The third-order valence-electron chi connectivity index (χ3n) is 3.14. The van der Waals surface area contributed by atoms with E-state index >= 15 is 0 Å². The SMILES string of the molecule is NCc1cc(S(=O)(=O)NCC2CCS(=O)(=O)C2)c[nH]1. The number of hydrogen-bond acceptors (Lipinski definition) is 5. The Balaban J connectivity index is 1.98.